The molecule has 2 N–H and O–H groups in total. The molecule has 6 heteroatoms. The van der Waals surface area contributed by atoms with Crippen LogP contribution in [0, 0.1) is 5.92 Å². The van der Waals surface area contributed by atoms with E-state index in [4.69, 9.17) is 9.84 Å². The normalized spacial score (nSPS) is 16.0. The van der Waals surface area contributed by atoms with Crippen molar-refractivity contribution in [1.29, 1.82) is 0 Å². The number of ether oxygens (including phenoxy) is 1. The molecule has 0 aliphatic carbocycles. The van der Waals surface area contributed by atoms with Gasteiger partial charge in [0.1, 0.15) is 5.75 Å². The van der Waals surface area contributed by atoms with Crippen molar-refractivity contribution in [2.45, 2.75) is 37.6 Å². The molecule has 0 radical (unpaired) electrons. The molecule has 2 rings (SSSR count). The summed E-state index contributed by atoms with van der Waals surface area (Å²) in [7, 11) is -3.56. The summed E-state index contributed by atoms with van der Waals surface area (Å²) >= 11 is 0. The Labute approximate surface area is 120 Å². The van der Waals surface area contributed by atoms with Crippen molar-refractivity contribution in [3.8, 4) is 5.75 Å². The maximum absolute atomic E-state index is 12.4. The maximum Gasteiger partial charge on any atom is 0.240 e. The Morgan fingerprint density at radius 3 is 2.80 bits per heavy atom. The first-order valence-electron chi connectivity index (χ1n) is 6.83. The van der Waals surface area contributed by atoms with Crippen LogP contribution in [-0.2, 0) is 16.4 Å². The number of sulfonamides is 1. The molecule has 1 heterocycles. The summed E-state index contributed by atoms with van der Waals surface area (Å²) in [6, 6.07) is 4.66. The van der Waals surface area contributed by atoms with Crippen LogP contribution in [0.15, 0.2) is 23.1 Å². The highest BCUT2D eigenvalue weighted by Gasteiger charge is 2.24. The van der Waals surface area contributed by atoms with Crippen molar-refractivity contribution in [2.75, 3.05) is 13.2 Å². The van der Waals surface area contributed by atoms with Crippen molar-refractivity contribution < 1.29 is 18.3 Å². The van der Waals surface area contributed by atoms with Crippen molar-refractivity contribution in [3.63, 3.8) is 0 Å². The summed E-state index contributed by atoms with van der Waals surface area (Å²) in [6.07, 6.45) is 1.15. The number of rotatable bonds is 6. The average Bonchev–Trinajstić information content (AvgIpc) is 2.85. The number of nitrogens with one attached hydrogen (secondary N) is 1. The monoisotopic (exact) mass is 299 g/mol. The fraction of sp³-hybridized carbons (Fsp3) is 0.571. The molecule has 1 unspecified atom stereocenters. The first-order chi connectivity index (χ1) is 9.44. The second-order valence-electron chi connectivity index (χ2n) is 5.35. The molecule has 112 valence electrons. The molecule has 5 nitrogen and oxygen atoms in total. The minimum absolute atomic E-state index is 0.0383. The number of aliphatic hydroxyl groups excluding tert-OH is 1. The highest BCUT2D eigenvalue weighted by Crippen LogP contribution is 2.27. The van der Waals surface area contributed by atoms with E-state index in [0.29, 0.717) is 13.0 Å². The van der Waals surface area contributed by atoms with Gasteiger partial charge in [0.25, 0.3) is 0 Å². The van der Waals surface area contributed by atoms with Crippen LogP contribution in [0.3, 0.4) is 0 Å². The van der Waals surface area contributed by atoms with Gasteiger partial charge >= 0.3 is 0 Å². The predicted octanol–water partition coefficient (Wildman–Crippen LogP) is 1.31. The number of hydrogen-bond acceptors (Lipinski definition) is 4. The Kier molecular flexibility index (Phi) is 4.67. The Hall–Kier alpha value is -1.11. The lowest BCUT2D eigenvalue weighted by Crippen LogP contribution is -2.39. The zero-order valence-corrected chi connectivity index (χ0v) is 12.6. The minimum atomic E-state index is -3.56. The average molecular weight is 299 g/mol. The van der Waals surface area contributed by atoms with E-state index in [1.54, 1.807) is 18.2 Å². The molecule has 1 aromatic rings. The van der Waals surface area contributed by atoms with E-state index in [0.717, 1.165) is 17.7 Å². The SMILES string of the molecule is CC(C)C(CCO)NS(=O)(=O)c1ccc2c(c1)CCO2. The molecule has 0 aromatic heterocycles. The third kappa shape index (κ3) is 3.31. The van der Waals surface area contributed by atoms with Crippen LogP contribution in [-0.4, -0.2) is 32.8 Å². The summed E-state index contributed by atoms with van der Waals surface area (Å²) in [5.41, 5.74) is 0.927. The Morgan fingerprint density at radius 1 is 1.40 bits per heavy atom. The maximum atomic E-state index is 12.4. The molecule has 0 saturated carbocycles. The summed E-state index contributed by atoms with van der Waals surface area (Å²) in [6.45, 7) is 4.42. The molecule has 1 aromatic carbocycles. The van der Waals surface area contributed by atoms with Gasteiger partial charge in [0.05, 0.1) is 11.5 Å². The van der Waals surface area contributed by atoms with Crippen LogP contribution in [0.1, 0.15) is 25.8 Å². The van der Waals surface area contributed by atoms with Crippen molar-refractivity contribution in [1.82, 2.24) is 4.72 Å². The molecular weight excluding hydrogens is 278 g/mol. The molecule has 0 bridgehead atoms. The van der Waals surface area contributed by atoms with Gasteiger partial charge in [-0.2, -0.15) is 0 Å². The van der Waals surface area contributed by atoms with Gasteiger partial charge in [-0.25, -0.2) is 13.1 Å². The van der Waals surface area contributed by atoms with Crippen molar-refractivity contribution >= 4 is 10.0 Å². The molecule has 1 aliphatic rings. The van der Waals surface area contributed by atoms with Crippen LogP contribution in [0.5, 0.6) is 5.75 Å². The van der Waals surface area contributed by atoms with Gasteiger partial charge in [-0.3, -0.25) is 0 Å². The molecular formula is C14H21NO4S. The zero-order valence-electron chi connectivity index (χ0n) is 11.8. The van der Waals surface area contributed by atoms with Crippen LogP contribution in [0.4, 0.5) is 0 Å². The van der Waals surface area contributed by atoms with E-state index in [1.165, 1.54) is 0 Å². The number of hydrogen-bond donors (Lipinski definition) is 2. The van der Waals surface area contributed by atoms with Gasteiger partial charge in [-0.05, 0) is 36.1 Å². The number of aliphatic hydroxyl groups is 1. The van der Waals surface area contributed by atoms with E-state index in [-0.39, 0.29) is 23.5 Å². The summed E-state index contributed by atoms with van der Waals surface area (Å²) in [5, 5.41) is 9.03. The quantitative estimate of drug-likeness (QED) is 0.830. The first kappa shape index (κ1) is 15.3. The largest absolute Gasteiger partial charge is 0.493 e. The van der Waals surface area contributed by atoms with Gasteiger partial charge in [0.15, 0.2) is 0 Å². The fourth-order valence-corrected chi connectivity index (χ4v) is 3.73. The highest BCUT2D eigenvalue weighted by atomic mass is 32.2. The third-order valence-electron chi connectivity index (χ3n) is 3.52. The highest BCUT2D eigenvalue weighted by molar-refractivity contribution is 7.89. The van der Waals surface area contributed by atoms with E-state index < -0.39 is 10.0 Å². The van der Waals surface area contributed by atoms with Crippen LogP contribution >= 0.6 is 0 Å². The Bertz CT molecular complexity index is 569. The fourth-order valence-electron chi connectivity index (χ4n) is 2.26. The van der Waals surface area contributed by atoms with Gasteiger partial charge in [-0.15, -0.1) is 0 Å². The molecule has 0 amide bonds. The molecule has 1 atom stereocenters. The summed E-state index contributed by atoms with van der Waals surface area (Å²) in [5.74, 6) is 0.884. The number of benzene rings is 1. The second kappa shape index (κ2) is 6.11. The van der Waals surface area contributed by atoms with Gasteiger partial charge in [0.2, 0.25) is 10.0 Å². The molecule has 0 fully saturated rings. The molecule has 0 saturated heterocycles. The van der Waals surface area contributed by atoms with Gasteiger partial charge < -0.3 is 9.84 Å². The molecule has 0 spiro atoms. The second-order valence-corrected chi connectivity index (χ2v) is 7.07. The zero-order chi connectivity index (χ0) is 14.8. The van der Waals surface area contributed by atoms with Crippen LogP contribution in [0.2, 0.25) is 0 Å². The third-order valence-corrected chi connectivity index (χ3v) is 5.01. The van der Waals surface area contributed by atoms with Crippen LogP contribution in [0.25, 0.3) is 0 Å². The molecule has 20 heavy (non-hydrogen) atoms. The van der Waals surface area contributed by atoms with E-state index in [9.17, 15) is 8.42 Å². The van der Waals surface area contributed by atoms with Gasteiger partial charge in [0, 0.05) is 19.1 Å². The standard InChI is InChI=1S/C14H21NO4S/c1-10(2)13(5-7-16)15-20(17,18)12-3-4-14-11(9-12)6-8-19-14/h3-4,9-10,13,15-16H,5-8H2,1-2H3. The van der Waals surface area contributed by atoms with Crippen molar-refractivity contribution in [3.05, 3.63) is 23.8 Å². The van der Waals surface area contributed by atoms with E-state index in [1.807, 2.05) is 13.8 Å². The Morgan fingerprint density at radius 2 is 2.15 bits per heavy atom. The number of fused-ring (bicyclic) bond motifs is 1. The van der Waals surface area contributed by atoms with E-state index >= 15 is 0 Å². The first-order valence-corrected chi connectivity index (χ1v) is 8.31. The smallest absolute Gasteiger partial charge is 0.240 e. The lowest BCUT2D eigenvalue weighted by atomic mass is 10.0. The predicted molar refractivity (Wildman–Crippen MR) is 76.3 cm³/mol. The van der Waals surface area contributed by atoms with Crippen molar-refractivity contribution in [2.24, 2.45) is 5.92 Å². The molecule has 1 aliphatic heterocycles. The topological polar surface area (TPSA) is 75.6 Å². The lowest BCUT2D eigenvalue weighted by molar-refractivity contribution is 0.256. The van der Waals surface area contributed by atoms with Crippen LogP contribution < -0.4 is 9.46 Å². The summed E-state index contributed by atoms with van der Waals surface area (Å²) in [4.78, 5) is 0.255. The Balaban J connectivity index is 2.21. The van der Waals surface area contributed by atoms with Gasteiger partial charge in [-0.1, -0.05) is 13.8 Å². The summed E-state index contributed by atoms with van der Waals surface area (Å²) < 4.78 is 32.8. The minimum Gasteiger partial charge on any atom is -0.493 e. The van der Waals surface area contributed by atoms with E-state index in [2.05, 4.69) is 4.72 Å². The lowest BCUT2D eigenvalue weighted by Gasteiger charge is -2.21.